The number of imidazole rings is 1. The summed E-state index contributed by atoms with van der Waals surface area (Å²) in [6.07, 6.45) is 4.24. The lowest BCUT2D eigenvalue weighted by Crippen LogP contribution is -2.01. The minimum absolute atomic E-state index is 0.108. The minimum atomic E-state index is -3.79. The second-order valence-electron chi connectivity index (χ2n) is 4.34. The number of unbranched alkanes of at least 4 members (excludes halogenated alkanes) is 1. The van der Waals surface area contributed by atoms with E-state index < -0.39 is 9.05 Å². The van der Waals surface area contributed by atoms with Crippen LogP contribution in [0.4, 0.5) is 0 Å². The number of hydrogen-bond acceptors (Lipinski definition) is 3. The van der Waals surface area contributed by atoms with Crippen LogP contribution >= 0.6 is 10.7 Å². The topological polar surface area (TPSA) is 51.4 Å². The van der Waals surface area contributed by atoms with Gasteiger partial charge in [0.15, 0.2) is 5.03 Å². The van der Waals surface area contributed by atoms with E-state index in [-0.39, 0.29) is 5.03 Å². The fourth-order valence-corrected chi connectivity index (χ4v) is 3.24. The third kappa shape index (κ3) is 2.52. The van der Waals surface area contributed by atoms with Crippen molar-refractivity contribution in [2.24, 2.45) is 0 Å². The smallest absolute Gasteiger partial charge is 0.279 e. The van der Waals surface area contributed by atoms with E-state index in [1.54, 1.807) is 16.7 Å². The van der Waals surface area contributed by atoms with E-state index in [9.17, 15) is 8.42 Å². The Morgan fingerprint density at radius 1 is 1.39 bits per heavy atom. The molecule has 2 rings (SSSR count). The van der Waals surface area contributed by atoms with E-state index in [0.29, 0.717) is 17.8 Å². The van der Waals surface area contributed by atoms with Crippen molar-refractivity contribution in [2.75, 3.05) is 0 Å². The van der Waals surface area contributed by atoms with Gasteiger partial charge in [0, 0.05) is 16.9 Å². The fraction of sp³-hybridized carbons (Fsp3) is 0.417. The maximum atomic E-state index is 11.7. The number of aromatic nitrogens is 2. The quantitative estimate of drug-likeness (QED) is 0.812. The molecule has 0 atom stereocenters. The van der Waals surface area contributed by atoms with E-state index in [2.05, 4.69) is 11.9 Å². The molecule has 0 bridgehead atoms. The fourth-order valence-electron chi connectivity index (χ4n) is 1.94. The van der Waals surface area contributed by atoms with Crippen LogP contribution in [0.15, 0.2) is 23.4 Å². The summed E-state index contributed by atoms with van der Waals surface area (Å²) in [6.45, 7) is 3.95. The SMILES string of the molecule is CCCCc1nc2ccc(C)cn2c1S(=O)(=O)Cl. The Labute approximate surface area is 111 Å². The molecule has 2 aromatic heterocycles. The molecule has 6 heteroatoms. The number of nitrogens with zero attached hydrogens (tertiary/aromatic N) is 2. The number of pyridine rings is 1. The molecule has 0 saturated heterocycles. The lowest BCUT2D eigenvalue weighted by molar-refractivity contribution is 0.602. The molecule has 18 heavy (non-hydrogen) atoms. The van der Waals surface area contributed by atoms with Crippen LogP contribution in [0, 0.1) is 6.92 Å². The Morgan fingerprint density at radius 2 is 2.11 bits per heavy atom. The zero-order valence-corrected chi connectivity index (χ0v) is 11.9. The minimum Gasteiger partial charge on any atom is -0.289 e. The molecule has 0 aromatic carbocycles. The van der Waals surface area contributed by atoms with Crippen LogP contribution < -0.4 is 0 Å². The first kappa shape index (κ1) is 13.4. The second-order valence-corrected chi connectivity index (χ2v) is 6.82. The molecule has 0 aliphatic carbocycles. The highest BCUT2D eigenvalue weighted by molar-refractivity contribution is 8.13. The highest BCUT2D eigenvalue weighted by atomic mass is 35.7. The second kappa shape index (κ2) is 4.90. The van der Waals surface area contributed by atoms with Crippen molar-refractivity contribution in [3.63, 3.8) is 0 Å². The molecule has 0 fully saturated rings. The van der Waals surface area contributed by atoms with Gasteiger partial charge in [-0.15, -0.1) is 0 Å². The third-order valence-corrected chi connectivity index (χ3v) is 4.12. The van der Waals surface area contributed by atoms with Crippen molar-refractivity contribution in [3.05, 3.63) is 29.6 Å². The highest BCUT2D eigenvalue weighted by Gasteiger charge is 2.22. The molecule has 98 valence electrons. The monoisotopic (exact) mass is 286 g/mol. The van der Waals surface area contributed by atoms with Gasteiger partial charge in [-0.05, 0) is 31.4 Å². The molecule has 0 aliphatic heterocycles. The van der Waals surface area contributed by atoms with E-state index in [0.717, 1.165) is 18.4 Å². The van der Waals surface area contributed by atoms with Crippen molar-refractivity contribution >= 4 is 25.4 Å². The van der Waals surface area contributed by atoms with Gasteiger partial charge in [0.25, 0.3) is 9.05 Å². The van der Waals surface area contributed by atoms with Gasteiger partial charge in [0.1, 0.15) is 5.65 Å². The van der Waals surface area contributed by atoms with E-state index >= 15 is 0 Å². The Balaban J connectivity index is 2.70. The van der Waals surface area contributed by atoms with Crippen LogP contribution in [0.3, 0.4) is 0 Å². The molecule has 0 spiro atoms. The Morgan fingerprint density at radius 3 is 2.72 bits per heavy atom. The summed E-state index contributed by atoms with van der Waals surface area (Å²) in [5.41, 5.74) is 2.13. The predicted octanol–water partition coefficient (Wildman–Crippen LogP) is 2.91. The summed E-state index contributed by atoms with van der Waals surface area (Å²) in [6, 6.07) is 3.70. The summed E-state index contributed by atoms with van der Waals surface area (Å²) in [5.74, 6) is 0. The van der Waals surface area contributed by atoms with Gasteiger partial charge in [-0.1, -0.05) is 19.4 Å². The Kier molecular flexibility index (Phi) is 3.64. The first-order chi connectivity index (χ1) is 8.43. The molecular formula is C12H15ClN2O2S. The first-order valence-corrected chi connectivity index (χ1v) is 8.16. The van der Waals surface area contributed by atoms with Gasteiger partial charge >= 0.3 is 0 Å². The molecule has 0 amide bonds. The maximum Gasteiger partial charge on any atom is 0.279 e. The summed E-state index contributed by atoms with van der Waals surface area (Å²) in [7, 11) is 1.74. The van der Waals surface area contributed by atoms with Gasteiger partial charge in [-0.2, -0.15) is 0 Å². The number of halogens is 1. The zero-order valence-electron chi connectivity index (χ0n) is 10.4. The predicted molar refractivity (Wildman–Crippen MR) is 71.6 cm³/mol. The van der Waals surface area contributed by atoms with E-state index in [4.69, 9.17) is 10.7 Å². The molecule has 0 saturated carbocycles. The van der Waals surface area contributed by atoms with Gasteiger partial charge in [0.2, 0.25) is 0 Å². The van der Waals surface area contributed by atoms with Crippen LogP contribution in [0.1, 0.15) is 31.0 Å². The number of aryl methyl sites for hydroxylation is 2. The van der Waals surface area contributed by atoms with Crippen LogP contribution in [-0.4, -0.2) is 17.8 Å². The molecule has 0 aliphatic rings. The number of hydrogen-bond donors (Lipinski definition) is 0. The van der Waals surface area contributed by atoms with Gasteiger partial charge in [-0.3, -0.25) is 4.40 Å². The molecule has 0 radical (unpaired) electrons. The normalized spacial score (nSPS) is 12.2. The summed E-state index contributed by atoms with van der Waals surface area (Å²) < 4.78 is 25.0. The lowest BCUT2D eigenvalue weighted by atomic mass is 10.2. The largest absolute Gasteiger partial charge is 0.289 e. The summed E-state index contributed by atoms with van der Waals surface area (Å²) in [4.78, 5) is 4.36. The van der Waals surface area contributed by atoms with E-state index in [1.165, 1.54) is 0 Å². The van der Waals surface area contributed by atoms with Crippen LogP contribution in [0.25, 0.3) is 5.65 Å². The van der Waals surface area contributed by atoms with Crippen molar-refractivity contribution in [2.45, 2.75) is 38.1 Å². The van der Waals surface area contributed by atoms with Crippen molar-refractivity contribution in [1.29, 1.82) is 0 Å². The van der Waals surface area contributed by atoms with E-state index in [1.807, 2.05) is 13.0 Å². The van der Waals surface area contributed by atoms with Gasteiger partial charge in [-0.25, -0.2) is 13.4 Å². The van der Waals surface area contributed by atoms with Crippen molar-refractivity contribution < 1.29 is 8.42 Å². The first-order valence-electron chi connectivity index (χ1n) is 5.85. The number of fused-ring (bicyclic) bond motifs is 1. The summed E-state index contributed by atoms with van der Waals surface area (Å²) >= 11 is 0. The van der Waals surface area contributed by atoms with Gasteiger partial charge in [0.05, 0.1) is 5.69 Å². The van der Waals surface area contributed by atoms with Crippen LogP contribution in [0.2, 0.25) is 0 Å². The molecule has 2 heterocycles. The van der Waals surface area contributed by atoms with Gasteiger partial charge < -0.3 is 0 Å². The maximum absolute atomic E-state index is 11.7. The van der Waals surface area contributed by atoms with Crippen LogP contribution in [0.5, 0.6) is 0 Å². The Bertz CT molecular complexity index is 677. The third-order valence-electron chi connectivity index (χ3n) is 2.79. The molecule has 0 unspecified atom stereocenters. The van der Waals surface area contributed by atoms with Crippen LogP contribution in [-0.2, 0) is 15.5 Å². The highest BCUT2D eigenvalue weighted by Crippen LogP contribution is 2.23. The standard InChI is InChI=1S/C12H15ClN2O2S/c1-3-4-5-10-12(18(13,16)17)15-8-9(2)6-7-11(15)14-10/h6-8H,3-5H2,1-2H3. The molecular weight excluding hydrogens is 272 g/mol. The molecule has 2 aromatic rings. The zero-order chi connectivity index (χ0) is 13.3. The summed E-state index contributed by atoms with van der Waals surface area (Å²) in [5, 5.41) is 0.108. The average molecular weight is 287 g/mol. The average Bonchev–Trinajstić information content (AvgIpc) is 2.63. The molecule has 0 N–H and O–H groups in total. The Hall–Kier alpha value is -1.07. The lowest BCUT2D eigenvalue weighted by Gasteiger charge is -2.01. The van der Waals surface area contributed by atoms with Crippen molar-refractivity contribution in [1.82, 2.24) is 9.38 Å². The molecule has 4 nitrogen and oxygen atoms in total. The number of rotatable bonds is 4. The van der Waals surface area contributed by atoms with Crippen molar-refractivity contribution in [3.8, 4) is 0 Å².